The molecule has 3 aromatic carbocycles. The topological polar surface area (TPSA) is 113 Å². The molecule has 2 aromatic heterocycles. The van der Waals surface area contributed by atoms with Gasteiger partial charge in [0.15, 0.2) is 0 Å². The summed E-state index contributed by atoms with van der Waals surface area (Å²) in [4.78, 5) is 60.2. The first-order valence-electron chi connectivity index (χ1n) is 16.7. The maximum absolute atomic E-state index is 15.1. The number of carbonyl (C=O) groups is 4. The summed E-state index contributed by atoms with van der Waals surface area (Å²) in [6.45, 7) is 3.89. The largest absolute Gasteiger partial charge is 0.507 e. The van der Waals surface area contributed by atoms with Gasteiger partial charge in [-0.2, -0.15) is 5.10 Å². The molecular formula is C39H33ClN4O5S. The van der Waals surface area contributed by atoms with Crippen LogP contribution in [0.25, 0.3) is 31.4 Å². The van der Waals surface area contributed by atoms with E-state index in [2.05, 4.69) is 0 Å². The van der Waals surface area contributed by atoms with Crippen LogP contribution in [0.4, 0.5) is 5.82 Å². The first kappa shape index (κ1) is 31.2. The molecule has 0 bridgehead atoms. The second-order valence-electron chi connectivity index (χ2n) is 14.3. The van der Waals surface area contributed by atoms with Crippen LogP contribution >= 0.6 is 22.9 Å². The van der Waals surface area contributed by atoms with Gasteiger partial charge in [0.25, 0.3) is 0 Å². The number of allylic oxidation sites excluding steroid dienone is 2. The van der Waals surface area contributed by atoms with Crippen LogP contribution in [0.15, 0.2) is 72.3 Å². The summed E-state index contributed by atoms with van der Waals surface area (Å²) in [6.07, 6.45) is 2.70. The highest BCUT2D eigenvalue weighted by atomic mass is 35.5. The Morgan fingerprint density at radius 1 is 0.920 bits per heavy atom. The van der Waals surface area contributed by atoms with E-state index in [1.807, 2.05) is 68.5 Å². The number of phenols is 1. The molecule has 3 fully saturated rings. The lowest BCUT2D eigenvalue weighted by atomic mass is 9.51. The third kappa shape index (κ3) is 3.97. The zero-order valence-corrected chi connectivity index (χ0v) is 29.4. The van der Waals surface area contributed by atoms with E-state index in [4.69, 9.17) is 16.7 Å². The van der Waals surface area contributed by atoms with Gasteiger partial charge in [-0.15, -0.1) is 11.3 Å². The first-order valence-corrected chi connectivity index (χ1v) is 17.9. The third-order valence-electron chi connectivity index (χ3n) is 12.0. The number of likely N-dealkylation sites (tertiary alicyclic amines) is 1. The highest BCUT2D eigenvalue weighted by Gasteiger charge is 2.68. The Morgan fingerprint density at radius 3 is 2.46 bits per heavy atom. The molecule has 50 heavy (non-hydrogen) atoms. The number of rotatable bonds is 3. The van der Waals surface area contributed by atoms with Crippen molar-refractivity contribution in [1.29, 1.82) is 0 Å². The fourth-order valence-electron chi connectivity index (χ4n) is 9.51. The minimum absolute atomic E-state index is 0.117. The maximum atomic E-state index is 15.1. The molecule has 1 saturated carbocycles. The second-order valence-corrected chi connectivity index (χ2v) is 15.8. The Kier molecular flexibility index (Phi) is 6.62. The molecule has 2 aliphatic carbocycles. The van der Waals surface area contributed by atoms with E-state index in [1.54, 1.807) is 35.2 Å². The zero-order chi connectivity index (χ0) is 35.0. The molecule has 5 aromatic rings. The number of aromatic nitrogens is 2. The predicted molar refractivity (Wildman–Crippen MR) is 192 cm³/mol. The summed E-state index contributed by atoms with van der Waals surface area (Å²) in [5.41, 5.74) is 2.15. The highest BCUT2D eigenvalue weighted by Crippen LogP contribution is 2.64. The standard InChI is InChI=1S/C39H33ClN4O5S/c1-18-25-15-19(40)9-14-30(25)50-34(18)28-17-31(43(4)41-28)44-36(47)27-16-26-23(10-11-24-32(26)37(48)42(3)35(24)46)33(39(27,2)38(44)49)22-12-13-29(45)21-8-6-5-7-20(21)22/h5-10,12-15,17,24,26-27,32-33,45H,11,16H2,1-4H3. The molecule has 2 aliphatic heterocycles. The third-order valence-corrected chi connectivity index (χ3v) is 13.5. The van der Waals surface area contributed by atoms with Gasteiger partial charge in [-0.1, -0.05) is 53.6 Å². The lowest BCUT2D eigenvalue weighted by molar-refractivity contribution is -0.138. The van der Waals surface area contributed by atoms with Crippen LogP contribution in [0.2, 0.25) is 5.02 Å². The molecule has 252 valence electrons. The molecule has 6 unspecified atom stereocenters. The summed E-state index contributed by atoms with van der Waals surface area (Å²) in [7, 11) is 3.26. The van der Waals surface area contributed by atoms with E-state index in [9.17, 15) is 19.5 Å². The van der Waals surface area contributed by atoms with Crippen LogP contribution in [0.5, 0.6) is 5.75 Å². The summed E-state index contributed by atoms with van der Waals surface area (Å²) in [5.74, 6) is -3.49. The van der Waals surface area contributed by atoms with Gasteiger partial charge in [0.1, 0.15) is 17.3 Å². The maximum Gasteiger partial charge on any atom is 0.242 e. The van der Waals surface area contributed by atoms with Crippen molar-refractivity contribution in [3.63, 3.8) is 0 Å². The van der Waals surface area contributed by atoms with Crippen molar-refractivity contribution in [2.75, 3.05) is 11.9 Å². The fourth-order valence-corrected chi connectivity index (χ4v) is 10.8. The minimum Gasteiger partial charge on any atom is -0.507 e. The number of thiophene rings is 1. The Balaban J connectivity index is 1.21. The molecule has 11 heteroatoms. The van der Waals surface area contributed by atoms with Crippen LogP contribution in [-0.2, 0) is 26.2 Å². The Morgan fingerprint density at radius 2 is 1.68 bits per heavy atom. The molecule has 6 atom stereocenters. The number of aromatic hydroxyl groups is 1. The van der Waals surface area contributed by atoms with E-state index in [1.165, 1.54) is 16.8 Å². The number of halogens is 1. The Labute approximate surface area is 296 Å². The zero-order valence-electron chi connectivity index (χ0n) is 27.8. The fraction of sp³-hybridized carbons (Fsp3) is 0.308. The van der Waals surface area contributed by atoms with Gasteiger partial charge in [-0.3, -0.25) is 28.8 Å². The molecule has 4 aliphatic rings. The monoisotopic (exact) mass is 704 g/mol. The second kappa shape index (κ2) is 10.6. The van der Waals surface area contributed by atoms with Gasteiger partial charge in [0.2, 0.25) is 23.6 Å². The molecule has 4 heterocycles. The van der Waals surface area contributed by atoms with Crippen molar-refractivity contribution >= 4 is 73.2 Å². The van der Waals surface area contributed by atoms with E-state index >= 15 is 4.79 Å². The molecule has 9 rings (SSSR count). The molecule has 4 amide bonds. The lowest BCUT2D eigenvalue weighted by Gasteiger charge is -2.49. The van der Waals surface area contributed by atoms with Crippen LogP contribution in [0.3, 0.4) is 0 Å². The molecule has 9 nitrogen and oxygen atoms in total. The van der Waals surface area contributed by atoms with Gasteiger partial charge in [0.05, 0.1) is 28.0 Å². The highest BCUT2D eigenvalue weighted by molar-refractivity contribution is 7.22. The number of fused-ring (bicyclic) bond motifs is 6. The number of carbonyl (C=O) groups excluding carboxylic acids is 4. The summed E-state index contributed by atoms with van der Waals surface area (Å²) in [6, 6.07) is 18.5. The van der Waals surface area contributed by atoms with Gasteiger partial charge >= 0.3 is 0 Å². The number of aryl methyl sites for hydroxylation is 2. The number of phenolic OH excluding ortho intramolecular Hbond substituents is 1. The number of amides is 4. The smallest absolute Gasteiger partial charge is 0.242 e. The SMILES string of the molecule is Cc1c(-c2cc(N3C(=O)C4CC5C(=CCC6C(=O)N(C)C(=O)C65)C(c5ccc(O)c6ccccc56)C4(C)C3=O)n(C)n2)sc2ccc(Cl)cc12. The van der Waals surface area contributed by atoms with Gasteiger partial charge in [-0.05, 0) is 78.8 Å². The normalized spacial score (nSPS) is 27.7. The Bertz CT molecular complexity index is 2410. The van der Waals surface area contributed by atoms with Crippen LogP contribution in [0.1, 0.15) is 36.8 Å². The van der Waals surface area contributed by atoms with Crippen LogP contribution in [-0.4, -0.2) is 50.5 Å². The lowest BCUT2D eigenvalue weighted by Crippen LogP contribution is -2.48. The predicted octanol–water partition coefficient (Wildman–Crippen LogP) is 6.98. The van der Waals surface area contributed by atoms with Crippen molar-refractivity contribution in [1.82, 2.24) is 14.7 Å². The number of hydrogen-bond donors (Lipinski definition) is 1. The van der Waals surface area contributed by atoms with E-state index < -0.39 is 35.0 Å². The minimum atomic E-state index is -1.22. The van der Waals surface area contributed by atoms with Crippen LogP contribution < -0.4 is 4.90 Å². The van der Waals surface area contributed by atoms with Gasteiger partial charge in [0, 0.05) is 41.2 Å². The van der Waals surface area contributed by atoms with E-state index in [-0.39, 0.29) is 35.8 Å². The molecule has 0 radical (unpaired) electrons. The van der Waals surface area contributed by atoms with Crippen molar-refractivity contribution in [2.24, 2.45) is 36.1 Å². The van der Waals surface area contributed by atoms with Crippen molar-refractivity contribution in [3.8, 4) is 16.3 Å². The quantitative estimate of drug-likeness (QED) is 0.160. The van der Waals surface area contributed by atoms with Crippen molar-refractivity contribution < 1.29 is 24.3 Å². The van der Waals surface area contributed by atoms with E-state index in [0.29, 0.717) is 28.3 Å². The number of nitrogens with zero attached hydrogens (tertiary/aromatic N) is 4. The molecule has 2 saturated heterocycles. The first-order chi connectivity index (χ1) is 23.9. The summed E-state index contributed by atoms with van der Waals surface area (Å²) < 4.78 is 2.65. The van der Waals surface area contributed by atoms with E-state index in [0.717, 1.165) is 37.0 Å². The number of hydrogen-bond acceptors (Lipinski definition) is 7. The average molecular weight is 705 g/mol. The van der Waals surface area contributed by atoms with Gasteiger partial charge < -0.3 is 5.11 Å². The van der Waals surface area contributed by atoms with Gasteiger partial charge in [-0.25, -0.2) is 4.90 Å². The van der Waals surface area contributed by atoms with Crippen molar-refractivity contribution in [2.45, 2.75) is 32.6 Å². The van der Waals surface area contributed by atoms with Crippen LogP contribution in [0, 0.1) is 36.0 Å². The Hall–Kier alpha value is -4.80. The average Bonchev–Trinajstić information content (AvgIpc) is 3.76. The molecule has 1 N–H and O–H groups in total. The van der Waals surface area contributed by atoms with Crippen molar-refractivity contribution in [3.05, 3.63) is 88.5 Å². The molecular weight excluding hydrogens is 672 g/mol. The number of imide groups is 2. The summed E-state index contributed by atoms with van der Waals surface area (Å²) in [5, 5.41) is 18.7. The number of anilines is 1. The molecule has 0 spiro atoms. The number of benzene rings is 3. The summed E-state index contributed by atoms with van der Waals surface area (Å²) >= 11 is 7.89.